The zero-order valence-corrected chi connectivity index (χ0v) is 12.8. The molecule has 4 nitrogen and oxygen atoms in total. The number of nitrogens with zero attached hydrogens (tertiary/aromatic N) is 2. The summed E-state index contributed by atoms with van der Waals surface area (Å²) in [6, 6.07) is 13.7. The molecular weight excluding hydrogens is 274 g/mol. The van der Waals surface area contributed by atoms with Crippen LogP contribution in [-0.4, -0.2) is 28.9 Å². The maximum Gasteiger partial charge on any atom is 0.254 e. The SMILES string of the molecule is CCNc1ccc([C@H]2CCCN2C(=O)c2ccccc2)cn1. The number of carbonyl (C=O) groups is 1. The molecule has 1 aromatic heterocycles. The minimum atomic E-state index is 0.110. The van der Waals surface area contributed by atoms with Crippen LogP contribution in [0.1, 0.15) is 41.7 Å². The first-order valence-electron chi connectivity index (χ1n) is 7.85. The highest BCUT2D eigenvalue weighted by atomic mass is 16.2. The van der Waals surface area contributed by atoms with E-state index in [1.165, 1.54) is 0 Å². The fourth-order valence-corrected chi connectivity index (χ4v) is 2.99. The molecule has 22 heavy (non-hydrogen) atoms. The number of aromatic nitrogens is 1. The molecule has 114 valence electrons. The molecule has 0 aliphatic carbocycles. The van der Waals surface area contributed by atoms with Gasteiger partial charge in [-0.05, 0) is 43.5 Å². The number of pyridine rings is 1. The predicted molar refractivity (Wildman–Crippen MR) is 87.9 cm³/mol. The van der Waals surface area contributed by atoms with Crippen molar-refractivity contribution < 1.29 is 4.79 Å². The van der Waals surface area contributed by atoms with Gasteiger partial charge in [0, 0.05) is 24.8 Å². The maximum atomic E-state index is 12.7. The number of amides is 1. The molecule has 0 spiro atoms. The van der Waals surface area contributed by atoms with Crippen molar-refractivity contribution in [3.63, 3.8) is 0 Å². The van der Waals surface area contributed by atoms with Gasteiger partial charge in [0.1, 0.15) is 5.82 Å². The third kappa shape index (κ3) is 2.96. The number of hydrogen-bond donors (Lipinski definition) is 1. The van der Waals surface area contributed by atoms with Gasteiger partial charge in [-0.1, -0.05) is 24.3 Å². The maximum absolute atomic E-state index is 12.7. The molecule has 1 aromatic carbocycles. The molecule has 1 aliphatic rings. The van der Waals surface area contributed by atoms with Crippen molar-refractivity contribution >= 4 is 11.7 Å². The molecule has 2 aromatic rings. The van der Waals surface area contributed by atoms with Crippen molar-refractivity contribution in [2.75, 3.05) is 18.4 Å². The lowest BCUT2D eigenvalue weighted by atomic mass is 10.1. The van der Waals surface area contributed by atoms with E-state index in [0.29, 0.717) is 0 Å². The minimum Gasteiger partial charge on any atom is -0.370 e. The molecule has 1 amide bonds. The molecule has 0 unspecified atom stereocenters. The molecule has 1 atom stereocenters. The Morgan fingerprint density at radius 2 is 2.09 bits per heavy atom. The Kier molecular flexibility index (Phi) is 4.37. The number of nitrogens with one attached hydrogen (secondary N) is 1. The fraction of sp³-hybridized carbons (Fsp3) is 0.333. The highest BCUT2D eigenvalue weighted by Crippen LogP contribution is 2.33. The Labute approximate surface area is 131 Å². The fourth-order valence-electron chi connectivity index (χ4n) is 2.99. The molecule has 0 radical (unpaired) electrons. The smallest absolute Gasteiger partial charge is 0.254 e. The second-order valence-corrected chi connectivity index (χ2v) is 5.53. The first-order valence-corrected chi connectivity index (χ1v) is 7.85. The van der Waals surface area contributed by atoms with Gasteiger partial charge in [-0.2, -0.15) is 0 Å². The monoisotopic (exact) mass is 295 g/mol. The van der Waals surface area contributed by atoms with Crippen LogP contribution in [0.25, 0.3) is 0 Å². The average Bonchev–Trinajstić information content (AvgIpc) is 3.05. The highest BCUT2D eigenvalue weighted by Gasteiger charge is 2.30. The Morgan fingerprint density at radius 1 is 1.27 bits per heavy atom. The molecule has 1 saturated heterocycles. The highest BCUT2D eigenvalue weighted by molar-refractivity contribution is 5.94. The summed E-state index contributed by atoms with van der Waals surface area (Å²) < 4.78 is 0. The van der Waals surface area contributed by atoms with Crippen molar-refractivity contribution in [3.8, 4) is 0 Å². The first kappa shape index (κ1) is 14.6. The molecule has 0 bridgehead atoms. The van der Waals surface area contributed by atoms with E-state index in [0.717, 1.165) is 42.9 Å². The Hall–Kier alpha value is -2.36. The third-order valence-electron chi connectivity index (χ3n) is 4.06. The van der Waals surface area contributed by atoms with Gasteiger partial charge in [-0.25, -0.2) is 4.98 Å². The van der Waals surface area contributed by atoms with Crippen molar-refractivity contribution in [3.05, 3.63) is 59.8 Å². The summed E-state index contributed by atoms with van der Waals surface area (Å²) in [6.07, 6.45) is 3.93. The van der Waals surface area contributed by atoms with Crippen LogP contribution in [0.15, 0.2) is 48.7 Å². The van der Waals surface area contributed by atoms with Gasteiger partial charge in [0.2, 0.25) is 0 Å². The van der Waals surface area contributed by atoms with Gasteiger partial charge >= 0.3 is 0 Å². The zero-order chi connectivity index (χ0) is 15.4. The van der Waals surface area contributed by atoms with Gasteiger partial charge < -0.3 is 10.2 Å². The van der Waals surface area contributed by atoms with Crippen LogP contribution in [0.2, 0.25) is 0 Å². The quantitative estimate of drug-likeness (QED) is 0.939. The summed E-state index contributed by atoms with van der Waals surface area (Å²) in [5.41, 5.74) is 1.87. The number of carbonyl (C=O) groups excluding carboxylic acids is 1. The van der Waals surface area contributed by atoms with E-state index in [1.807, 2.05) is 54.4 Å². The largest absolute Gasteiger partial charge is 0.370 e. The average molecular weight is 295 g/mol. The normalized spacial score (nSPS) is 17.5. The van der Waals surface area contributed by atoms with Crippen LogP contribution in [-0.2, 0) is 0 Å². The van der Waals surface area contributed by atoms with Crippen LogP contribution in [0.3, 0.4) is 0 Å². The molecule has 1 aliphatic heterocycles. The van der Waals surface area contributed by atoms with Crippen LogP contribution in [0, 0.1) is 0 Å². The van der Waals surface area contributed by atoms with Gasteiger partial charge in [-0.3, -0.25) is 4.79 Å². The number of rotatable bonds is 4. The first-order chi connectivity index (χ1) is 10.8. The Morgan fingerprint density at radius 3 is 2.77 bits per heavy atom. The number of likely N-dealkylation sites (tertiary alicyclic amines) is 1. The summed E-state index contributed by atoms with van der Waals surface area (Å²) in [6.45, 7) is 3.72. The Balaban J connectivity index is 1.79. The van der Waals surface area contributed by atoms with Crippen LogP contribution in [0.4, 0.5) is 5.82 Å². The van der Waals surface area contributed by atoms with Gasteiger partial charge in [-0.15, -0.1) is 0 Å². The van der Waals surface area contributed by atoms with E-state index in [9.17, 15) is 4.79 Å². The molecule has 2 heterocycles. The van der Waals surface area contributed by atoms with Crippen LogP contribution >= 0.6 is 0 Å². The van der Waals surface area contributed by atoms with Crippen LogP contribution in [0.5, 0.6) is 0 Å². The summed E-state index contributed by atoms with van der Waals surface area (Å²) in [4.78, 5) is 19.1. The van der Waals surface area contributed by atoms with E-state index < -0.39 is 0 Å². The molecule has 3 rings (SSSR count). The third-order valence-corrected chi connectivity index (χ3v) is 4.06. The van der Waals surface area contributed by atoms with E-state index in [-0.39, 0.29) is 11.9 Å². The lowest BCUT2D eigenvalue weighted by Gasteiger charge is -2.25. The molecule has 1 fully saturated rings. The Bertz CT molecular complexity index is 625. The van der Waals surface area contributed by atoms with E-state index >= 15 is 0 Å². The van der Waals surface area contributed by atoms with Crippen molar-refractivity contribution in [1.29, 1.82) is 0 Å². The summed E-state index contributed by atoms with van der Waals surface area (Å²) in [5, 5.41) is 3.19. The molecule has 4 heteroatoms. The number of anilines is 1. The lowest BCUT2D eigenvalue weighted by Crippen LogP contribution is -2.30. The standard InChI is InChI=1S/C18H21N3O/c1-2-19-17-11-10-15(13-20-17)16-9-6-12-21(16)18(22)14-7-4-3-5-8-14/h3-5,7-8,10-11,13,16H,2,6,9,12H2,1H3,(H,19,20)/t16-/m1/s1. The second-order valence-electron chi connectivity index (χ2n) is 5.53. The van der Waals surface area contributed by atoms with E-state index in [4.69, 9.17) is 0 Å². The van der Waals surface area contributed by atoms with Crippen LogP contribution < -0.4 is 5.32 Å². The number of hydrogen-bond acceptors (Lipinski definition) is 3. The van der Waals surface area contributed by atoms with Crippen molar-refractivity contribution in [1.82, 2.24) is 9.88 Å². The van der Waals surface area contributed by atoms with Crippen molar-refractivity contribution in [2.45, 2.75) is 25.8 Å². The van der Waals surface area contributed by atoms with Crippen molar-refractivity contribution in [2.24, 2.45) is 0 Å². The van der Waals surface area contributed by atoms with Gasteiger partial charge in [0.15, 0.2) is 0 Å². The second kappa shape index (κ2) is 6.60. The van der Waals surface area contributed by atoms with E-state index in [2.05, 4.69) is 16.4 Å². The summed E-state index contributed by atoms with van der Waals surface area (Å²) >= 11 is 0. The lowest BCUT2D eigenvalue weighted by molar-refractivity contribution is 0.0735. The molecule has 1 N–H and O–H groups in total. The molecular formula is C18H21N3O. The zero-order valence-electron chi connectivity index (χ0n) is 12.8. The minimum absolute atomic E-state index is 0.110. The van der Waals surface area contributed by atoms with Gasteiger partial charge in [0.25, 0.3) is 5.91 Å². The molecule has 0 saturated carbocycles. The topological polar surface area (TPSA) is 45.2 Å². The predicted octanol–water partition coefficient (Wildman–Crippen LogP) is 3.49. The summed E-state index contributed by atoms with van der Waals surface area (Å²) in [5.74, 6) is 0.990. The number of benzene rings is 1. The summed E-state index contributed by atoms with van der Waals surface area (Å²) in [7, 11) is 0. The van der Waals surface area contributed by atoms with Gasteiger partial charge in [0.05, 0.1) is 6.04 Å². The van der Waals surface area contributed by atoms with E-state index in [1.54, 1.807) is 0 Å².